The first-order valence-corrected chi connectivity index (χ1v) is 7.38. The molecule has 2 aromatic rings. The maximum Gasteiger partial charge on any atom is 0.149 e. The van der Waals surface area contributed by atoms with E-state index in [0.29, 0.717) is 17.2 Å². The summed E-state index contributed by atoms with van der Waals surface area (Å²) in [6, 6.07) is 4.68. The van der Waals surface area contributed by atoms with Crippen molar-refractivity contribution in [3.63, 3.8) is 0 Å². The Morgan fingerprint density at radius 3 is 3.00 bits per heavy atom. The van der Waals surface area contributed by atoms with Crippen molar-refractivity contribution in [2.45, 2.75) is 6.42 Å². The molecule has 1 N–H and O–H groups in total. The lowest BCUT2D eigenvalue weighted by atomic mass is 10.2. The Kier molecular flexibility index (Phi) is 5.85. The van der Waals surface area contributed by atoms with Crippen molar-refractivity contribution in [3.05, 3.63) is 34.0 Å². The van der Waals surface area contributed by atoms with Crippen molar-refractivity contribution in [1.29, 1.82) is 0 Å². The van der Waals surface area contributed by atoms with Crippen LogP contribution in [0.1, 0.15) is 5.01 Å². The first-order chi connectivity index (χ1) is 9.72. The lowest BCUT2D eigenvalue weighted by Crippen LogP contribution is -2.21. The van der Waals surface area contributed by atoms with Gasteiger partial charge in [0.25, 0.3) is 0 Å². The van der Waals surface area contributed by atoms with Crippen molar-refractivity contribution < 1.29 is 9.13 Å². The Morgan fingerprint density at radius 1 is 1.35 bits per heavy atom. The first kappa shape index (κ1) is 15.3. The van der Waals surface area contributed by atoms with E-state index >= 15 is 0 Å². The molecule has 0 aliphatic carbocycles. The Hall–Kier alpha value is -1.08. The van der Waals surface area contributed by atoms with Gasteiger partial charge in [-0.05, 0) is 6.07 Å². The zero-order valence-electron chi connectivity index (χ0n) is 11.0. The molecule has 1 aromatic carbocycles. The molecule has 0 radical (unpaired) electrons. The average molecular weight is 316 g/mol. The van der Waals surface area contributed by atoms with Gasteiger partial charge in [0.05, 0.1) is 11.6 Å². The number of hydrogen-bond donors (Lipinski definition) is 1. The lowest BCUT2D eigenvalue weighted by molar-refractivity contribution is 0.199. The van der Waals surface area contributed by atoms with Gasteiger partial charge in [-0.3, -0.25) is 0 Å². The zero-order chi connectivity index (χ0) is 14.4. The summed E-state index contributed by atoms with van der Waals surface area (Å²) in [5, 5.41) is 13.0. The molecule has 1 heterocycles. The van der Waals surface area contributed by atoms with Crippen LogP contribution in [-0.4, -0.2) is 37.0 Å². The lowest BCUT2D eigenvalue weighted by Gasteiger charge is -2.01. The fourth-order valence-electron chi connectivity index (χ4n) is 1.63. The fraction of sp³-hybridized carbons (Fsp3) is 0.385. The highest BCUT2D eigenvalue weighted by Gasteiger charge is 2.12. The van der Waals surface area contributed by atoms with Gasteiger partial charge in [0.2, 0.25) is 0 Å². The second-order valence-corrected chi connectivity index (χ2v) is 5.54. The standard InChI is InChI=1S/C13H15ClFN3OS/c1-19-8-7-16-6-5-11-17-18-13(20-11)9-3-2-4-10(15)12(9)14/h2-4,16H,5-8H2,1H3. The Balaban J connectivity index is 1.97. The average Bonchev–Trinajstić information content (AvgIpc) is 2.90. The molecular weight excluding hydrogens is 301 g/mol. The number of methoxy groups -OCH3 is 1. The molecule has 108 valence electrons. The summed E-state index contributed by atoms with van der Waals surface area (Å²) in [6.45, 7) is 2.28. The Bertz CT molecular complexity index is 564. The molecule has 0 unspecified atom stereocenters. The zero-order valence-corrected chi connectivity index (χ0v) is 12.6. The van der Waals surface area contributed by atoms with Crippen LogP contribution in [0.3, 0.4) is 0 Å². The highest BCUT2D eigenvalue weighted by atomic mass is 35.5. The van der Waals surface area contributed by atoms with Crippen LogP contribution in [0.15, 0.2) is 18.2 Å². The van der Waals surface area contributed by atoms with E-state index in [1.807, 2.05) is 0 Å². The predicted molar refractivity (Wildman–Crippen MR) is 78.8 cm³/mol. The minimum atomic E-state index is -0.442. The molecule has 0 aliphatic rings. The van der Waals surface area contributed by atoms with E-state index in [-0.39, 0.29) is 5.02 Å². The normalized spacial score (nSPS) is 10.9. The van der Waals surface area contributed by atoms with Gasteiger partial charge in [-0.1, -0.05) is 35.1 Å². The smallest absolute Gasteiger partial charge is 0.149 e. The number of aromatic nitrogens is 2. The third-order valence-electron chi connectivity index (χ3n) is 2.65. The quantitative estimate of drug-likeness (QED) is 0.798. The summed E-state index contributed by atoms with van der Waals surface area (Å²) in [6.07, 6.45) is 0.772. The van der Waals surface area contributed by atoms with Crippen molar-refractivity contribution in [1.82, 2.24) is 15.5 Å². The van der Waals surface area contributed by atoms with Gasteiger partial charge in [-0.15, -0.1) is 10.2 Å². The summed E-state index contributed by atoms with van der Waals surface area (Å²) in [5.41, 5.74) is 0.586. The molecule has 0 saturated carbocycles. The fourth-order valence-corrected chi connectivity index (χ4v) is 2.77. The van der Waals surface area contributed by atoms with Crippen LogP contribution < -0.4 is 5.32 Å². The van der Waals surface area contributed by atoms with Crippen molar-refractivity contribution in [2.75, 3.05) is 26.8 Å². The maximum absolute atomic E-state index is 13.4. The molecule has 4 nitrogen and oxygen atoms in total. The summed E-state index contributed by atoms with van der Waals surface area (Å²) < 4.78 is 18.3. The molecule has 0 bridgehead atoms. The highest BCUT2D eigenvalue weighted by Crippen LogP contribution is 2.31. The third kappa shape index (κ3) is 3.96. The topological polar surface area (TPSA) is 47.0 Å². The Labute approximate surface area is 125 Å². The number of halogens is 2. The predicted octanol–water partition coefficient (Wildman–Crippen LogP) is 2.78. The second kappa shape index (κ2) is 7.64. The van der Waals surface area contributed by atoms with Gasteiger partial charge in [-0.25, -0.2) is 4.39 Å². The van der Waals surface area contributed by atoms with Gasteiger partial charge in [-0.2, -0.15) is 0 Å². The van der Waals surface area contributed by atoms with E-state index in [1.54, 1.807) is 19.2 Å². The number of nitrogens with zero attached hydrogens (tertiary/aromatic N) is 2. The monoisotopic (exact) mass is 315 g/mol. The van der Waals surface area contributed by atoms with E-state index in [9.17, 15) is 4.39 Å². The molecule has 0 atom stereocenters. The van der Waals surface area contributed by atoms with Crippen molar-refractivity contribution in [3.8, 4) is 10.6 Å². The van der Waals surface area contributed by atoms with Gasteiger partial charge in [0, 0.05) is 32.2 Å². The third-order valence-corrected chi connectivity index (χ3v) is 4.05. The van der Waals surface area contributed by atoms with Crippen LogP contribution in [0.2, 0.25) is 5.02 Å². The molecule has 0 saturated heterocycles. The molecule has 1 aromatic heterocycles. The minimum Gasteiger partial charge on any atom is -0.383 e. The molecule has 0 spiro atoms. The molecule has 0 fully saturated rings. The number of hydrogen-bond acceptors (Lipinski definition) is 5. The van der Waals surface area contributed by atoms with Gasteiger partial charge < -0.3 is 10.1 Å². The summed E-state index contributed by atoms with van der Waals surface area (Å²) in [7, 11) is 1.67. The summed E-state index contributed by atoms with van der Waals surface area (Å²) in [5.74, 6) is -0.442. The number of rotatable bonds is 7. The largest absolute Gasteiger partial charge is 0.383 e. The Morgan fingerprint density at radius 2 is 2.20 bits per heavy atom. The molecule has 2 rings (SSSR count). The van der Waals surface area contributed by atoms with Crippen molar-refractivity contribution >= 4 is 22.9 Å². The van der Waals surface area contributed by atoms with Crippen LogP contribution in [0.5, 0.6) is 0 Å². The van der Waals surface area contributed by atoms with E-state index in [0.717, 1.165) is 24.5 Å². The molecule has 0 amide bonds. The first-order valence-electron chi connectivity index (χ1n) is 6.19. The summed E-state index contributed by atoms with van der Waals surface area (Å²) >= 11 is 7.36. The van der Waals surface area contributed by atoms with Crippen LogP contribution >= 0.6 is 22.9 Å². The maximum atomic E-state index is 13.4. The minimum absolute atomic E-state index is 0.0911. The van der Waals surface area contributed by atoms with E-state index in [4.69, 9.17) is 16.3 Å². The molecular formula is C13H15ClFN3OS. The SMILES string of the molecule is COCCNCCc1nnc(-c2cccc(F)c2Cl)s1. The molecule has 20 heavy (non-hydrogen) atoms. The number of benzene rings is 1. The van der Waals surface area contributed by atoms with E-state index in [2.05, 4.69) is 15.5 Å². The molecule has 7 heteroatoms. The van der Waals surface area contributed by atoms with Crippen LogP contribution in [0, 0.1) is 5.82 Å². The van der Waals surface area contributed by atoms with E-state index in [1.165, 1.54) is 17.4 Å². The van der Waals surface area contributed by atoms with Crippen molar-refractivity contribution in [2.24, 2.45) is 0 Å². The number of nitrogens with one attached hydrogen (secondary N) is 1. The molecule has 0 aliphatic heterocycles. The van der Waals surface area contributed by atoms with E-state index < -0.39 is 5.82 Å². The van der Waals surface area contributed by atoms with Crippen LogP contribution in [0.25, 0.3) is 10.6 Å². The van der Waals surface area contributed by atoms with Gasteiger partial charge >= 0.3 is 0 Å². The second-order valence-electron chi connectivity index (χ2n) is 4.10. The van der Waals surface area contributed by atoms with Gasteiger partial charge in [0.15, 0.2) is 0 Å². The highest BCUT2D eigenvalue weighted by molar-refractivity contribution is 7.14. The number of ether oxygens (including phenoxy) is 1. The van der Waals surface area contributed by atoms with Crippen LogP contribution in [0.4, 0.5) is 4.39 Å². The summed E-state index contributed by atoms with van der Waals surface area (Å²) in [4.78, 5) is 0. The van der Waals surface area contributed by atoms with Gasteiger partial charge in [0.1, 0.15) is 15.8 Å². The van der Waals surface area contributed by atoms with Crippen LogP contribution in [-0.2, 0) is 11.2 Å².